The van der Waals surface area contributed by atoms with Crippen LogP contribution in [0.2, 0.25) is 0 Å². The second-order valence-corrected chi connectivity index (χ2v) is 11.1. The Morgan fingerprint density at radius 3 is 2.47 bits per heavy atom. The summed E-state index contributed by atoms with van der Waals surface area (Å²) in [6.07, 6.45) is 15.1. The molecule has 0 bridgehead atoms. The molecule has 3 aliphatic rings. The van der Waals surface area contributed by atoms with Crippen molar-refractivity contribution in [3.8, 4) is 11.3 Å². The van der Waals surface area contributed by atoms with Crippen LogP contribution in [0.25, 0.3) is 27.7 Å². The SMILES string of the molecule is CCCCc1ccc2c3c1ccn1cc[n+](c31)C1(CC)C2(CC)C12c1ccccc1-c1cccc[n+]12. The molecule has 2 aliphatic heterocycles. The average Bonchev–Trinajstić information content (AvgIpc) is 3.14. The summed E-state index contributed by atoms with van der Waals surface area (Å²) in [6, 6.07) is 23.3. The topological polar surface area (TPSA) is 12.2 Å². The van der Waals surface area contributed by atoms with Crippen LogP contribution in [0.3, 0.4) is 0 Å². The first-order valence-corrected chi connectivity index (χ1v) is 13.8. The molecular formula is C33H33N3+2. The molecule has 1 aliphatic carbocycles. The Hall–Kier alpha value is -3.46. The van der Waals surface area contributed by atoms with E-state index in [2.05, 4.69) is 120 Å². The number of imidazole rings is 1. The van der Waals surface area contributed by atoms with Crippen LogP contribution in [0.5, 0.6) is 0 Å². The number of aryl methyl sites for hydroxylation is 1. The molecule has 0 radical (unpaired) electrons. The Kier molecular flexibility index (Phi) is 3.82. The van der Waals surface area contributed by atoms with E-state index in [1.807, 2.05) is 0 Å². The fraction of sp³-hybridized carbons (Fsp3) is 0.333. The maximum Gasteiger partial charge on any atom is 0.295 e. The normalized spacial score (nSPS) is 26.5. The van der Waals surface area contributed by atoms with Crippen LogP contribution in [0.1, 0.15) is 63.1 Å². The van der Waals surface area contributed by atoms with Crippen molar-refractivity contribution in [3.63, 3.8) is 0 Å². The van der Waals surface area contributed by atoms with Crippen molar-refractivity contribution in [2.24, 2.45) is 0 Å². The Balaban J connectivity index is 1.57. The third kappa shape index (κ3) is 1.83. The Morgan fingerprint density at radius 2 is 1.64 bits per heavy atom. The molecule has 3 heteroatoms. The van der Waals surface area contributed by atoms with Gasteiger partial charge in [-0.05, 0) is 60.4 Å². The van der Waals surface area contributed by atoms with E-state index < -0.39 is 0 Å². The molecule has 1 saturated carbocycles. The summed E-state index contributed by atoms with van der Waals surface area (Å²) in [5.41, 5.74) is 8.39. The second-order valence-electron chi connectivity index (χ2n) is 11.1. The second kappa shape index (κ2) is 6.64. The van der Waals surface area contributed by atoms with Crippen LogP contribution in [-0.2, 0) is 22.9 Å². The van der Waals surface area contributed by atoms with Crippen molar-refractivity contribution in [1.29, 1.82) is 0 Å². The van der Waals surface area contributed by atoms with Gasteiger partial charge in [0, 0.05) is 17.7 Å². The molecular weight excluding hydrogens is 438 g/mol. The van der Waals surface area contributed by atoms with Gasteiger partial charge in [-0.2, -0.15) is 4.57 Å². The largest absolute Gasteiger partial charge is 0.295 e. The van der Waals surface area contributed by atoms with E-state index in [4.69, 9.17) is 0 Å². The first-order valence-electron chi connectivity index (χ1n) is 13.8. The van der Waals surface area contributed by atoms with Gasteiger partial charge in [0.25, 0.3) is 11.2 Å². The van der Waals surface area contributed by atoms with Crippen LogP contribution < -0.4 is 9.13 Å². The molecule has 3 unspecified atom stereocenters. The van der Waals surface area contributed by atoms with Crippen molar-refractivity contribution in [2.75, 3.05) is 0 Å². The molecule has 0 N–H and O–H groups in total. The lowest BCUT2D eigenvalue weighted by molar-refractivity contribution is -0.791. The quantitative estimate of drug-likeness (QED) is 0.270. The molecule has 0 saturated heterocycles. The van der Waals surface area contributed by atoms with Crippen molar-refractivity contribution in [1.82, 2.24) is 4.40 Å². The summed E-state index contributed by atoms with van der Waals surface area (Å²) < 4.78 is 7.72. The van der Waals surface area contributed by atoms with E-state index in [0.717, 1.165) is 19.3 Å². The van der Waals surface area contributed by atoms with E-state index in [9.17, 15) is 0 Å². The predicted molar refractivity (Wildman–Crippen MR) is 143 cm³/mol. The number of rotatable bonds is 5. The molecule has 2 aromatic carbocycles. The Labute approximate surface area is 212 Å². The zero-order chi connectivity index (χ0) is 24.3. The minimum Gasteiger partial charge on any atom is -0.215 e. The first kappa shape index (κ1) is 20.7. The number of hydrogen-bond donors (Lipinski definition) is 0. The smallest absolute Gasteiger partial charge is 0.215 e. The molecule has 5 aromatic rings. The molecule has 0 amide bonds. The summed E-state index contributed by atoms with van der Waals surface area (Å²) in [5, 5.41) is 2.92. The van der Waals surface area contributed by atoms with Gasteiger partial charge < -0.3 is 0 Å². The highest BCUT2D eigenvalue weighted by molar-refractivity contribution is 6.00. The lowest BCUT2D eigenvalue weighted by atomic mass is 9.79. The number of unbranched alkanes of at least 4 members (excludes halogenated alkanes) is 1. The minimum atomic E-state index is -0.153. The number of benzene rings is 2. The summed E-state index contributed by atoms with van der Waals surface area (Å²) >= 11 is 0. The Morgan fingerprint density at radius 1 is 0.778 bits per heavy atom. The molecule has 5 heterocycles. The Bertz CT molecular complexity index is 1680. The van der Waals surface area contributed by atoms with Gasteiger partial charge in [0.2, 0.25) is 5.69 Å². The van der Waals surface area contributed by atoms with Gasteiger partial charge in [-0.15, -0.1) is 0 Å². The van der Waals surface area contributed by atoms with E-state index >= 15 is 0 Å². The third-order valence-electron chi connectivity index (χ3n) is 10.2. The fourth-order valence-electron chi connectivity index (χ4n) is 9.16. The summed E-state index contributed by atoms with van der Waals surface area (Å²) in [5.74, 6) is 0. The number of aromatic nitrogens is 3. The molecule has 8 rings (SSSR count). The van der Waals surface area contributed by atoms with E-state index in [-0.39, 0.29) is 16.5 Å². The maximum atomic E-state index is 2.70. The van der Waals surface area contributed by atoms with Crippen LogP contribution in [0, 0.1) is 0 Å². The number of pyridine rings is 2. The van der Waals surface area contributed by atoms with Crippen LogP contribution >= 0.6 is 0 Å². The standard InChI is InChI=1S/C33H33N3/c1-4-7-12-23-16-17-27-29-24(23)18-20-34-21-22-36(30(29)34)32(6-3)31(27,5-2)33(32)26-14-9-8-13-25(26)28-15-10-11-19-35(28)33/h8-11,13-22H,4-7,12H2,1-3H3/q+2. The van der Waals surface area contributed by atoms with Gasteiger partial charge in [0.15, 0.2) is 11.7 Å². The summed E-state index contributed by atoms with van der Waals surface area (Å²) in [4.78, 5) is 0. The zero-order valence-corrected chi connectivity index (χ0v) is 21.5. The van der Waals surface area contributed by atoms with Gasteiger partial charge in [0.05, 0.1) is 17.1 Å². The molecule has 3 nitrogen and oxygen atoms in total. The average molecular weight is 472 g/mol. The van der Waals surface area contributed by atoms with Gasteiger partial charge in [-0.1, -0.05) is 57.5 Å². The van der Waals surface area contributed by atoms with Gasteiger partial charge in [0.1, 0.15) is 17.8 Å². The van der Waals surface area contributed by atoms with Gasteiger partial charge in [-0.25, -0.2) is 8.97 Å². The lowest BCUT2D eigenvalue weighted by Crippen LogP contribution is -2.59. The lowest BCUT2D eigenvalue weighted by Gasteiger charge is -2.25. The monoisotopic (exact) mass is 471 g/mol. The summed E-state index contributed by atoms with van der Waals surface area (Å²) in [7, 11) is 0. The number of nitrogens with zero attached hydrogens (tertiary/aromatic N) is 3. The predicted octanol–water partition coefficient (Wildman–Crippen LogP) is 6.21. The third-order valence-corrected chi connectivity index (χ3v) is 10.2. The number of fused-ring (bicyclic) bond motifs is 10. The van der Waals surface area contributed by atoms with Crippen molar-refractivity contribution in [3.05, 3.63) is 102 Å². The fourth-order valence-corrected chi connectivity index (χ4v) is 9.16. The molecule has 178 valence electrons. The first-order chi connectivity index (χ1) is 17.7. The van der Waals surface area contributed by atoms with Crippen molar-refractivity contribution < 1.29 is 9.13 Å². The highest BCUT2D eigenvalue weighted by atomic mass is 15.4. The highest BCUT2D eigenvalue weighted by Gasteiger charge is 3.00. The van der Waals surface area contributed by atoms with Crippen LogP contribution in [0.15, 0.2) is 85.5 Å². The van der Waals surface area contributed by atoms with Crippen molar-refractivity contribution in [2.45, 2.75) is 69.4 Å². The molecule has 3 aromatic heterocycles. The van der Waals surface area contributed by atoms with Crippen LogP contribution in [0.4, 0.5) is 0 Å². The zero-order valence-electron chi connectivity index (χ0n) is 21.5. The van der Waals surface area contributed by atoms with E-state index in [1.165, 1.54) is 51.6 Å². The minimum absolute atomic E-state index is 0.0233. The van der Waals surface area contributed by atoms with Gasteiger partial charge >= 0.3 is 0 Å². The highest BCUT2D eigenvalue weighted by Crippen LogP contribution is 2.79. The molecule has 1 fully saturated rings. The summed E-state index contributed by atoms with van der Waals surface area (Å²) in [6.45, 7) is 7.14. The molecule has 3 atom stereocenters. The molecule has 36 heavy (non-hydrogen) atoms. The number of hydrogen-bond acceptors (Lipinski definition) is 0. The van der Waals surface area contributed by atoms with E-state index in [0.29, 0.717) is 0 Å². The van der Waals surface area contributed by atoms with Gasteiger partial charge in [-0.3, -0.25) is 0 Å². The van der Waals surface area contributed by atoms with E-state index in [1.54, 1.807) is 5.56 Å². The van der Waals surface area contributed by atoms with Crippen molar-refractivity contribution >= 4 is 16.4 Å². The van der Waals surface area contributed by atoms with Crippen LogP contribution in [-0.4, -0.2) is 4.40 Å². The maximum absolute atomic E-state index is 2.70. The molecule has 1 spiro atoms.